The monoisotopic (exact) mass is 273 g/mol. The summed E-state index contributed by atoms with van der Waals surface area (Å²) in [6, 6.07) is 0. The van der Waals surface area contributed by atoms with Crippen LogP contribution in [0.5, 0.6) is 0 Å². The molecule has 1 atom stereocenters. The molecule has 0 bridgehead atoms. The lowest BCUT2D eigenvalue weighted by atomic mass is 10.1. The quantitative estimate of drug-likeness (QED) is 0.673. The van der Waals surface area contributed by atoms with Gasteiger partial charge in [-0.1, -0.05) is 0 Å². The molecular formula is C14H27NO4. The van der Waals surface area contributed by atoms with Crippen LogP contribution in [-0.2, 0) is 14.3 Å². The number of nitrogens with zero attached hydrogens (tertiary/aromatic N) is 1. The van der Waals surface area contributed by atoms with Crippen molar-refractivity contribution in [1.82, 2.24) is 4.90 Å². The molecule has 0 aromatic carbocycles. The van der Waals surface area contributed by atoms with Gasteiger partial charge in [-0.05, 0) is 33.1 Å². The second-order valence-electron chi connectivity index (χ2n) is 5.82. The number of methoxy groups -OCH3 is 1. The van der Waals surface area contributed by atoms with Crippen LogP contribution in [0.3, 0.4) is 0 Å². The van der Waals surface area contributed by atoms with Gasteiger partial charge in [0.25, 0.3) is 0 Å². The Kier molecular flexibility index (Phi) is 6.75. The second kappa shape index (κ2) is 7.82. The molecule has 1 heterocycles. The Morgan fingerprint density at radius 1 is 1.47 bits per heavy atom. The van der Waals surface area contributed by atoms with E-state index in [1.807, 2.05) is 0 Å². The second-order valence-corrected chi connectivity index (χ2v) is 5.82. The third kappa shape index (κ3) is 7.50. The van der Waals surface area contributed by atoms with E-state index < -0.39 is 5.60 Å². The van der Waals surface area contributed by atoms with Gasteiger partial charge in [0.1, 0.15) is 0 Å². The highest BCUT2D eigenvalue weighted by atomic mass is 16.5. The predicted molar refractivity (Wildman–Crippen MR) is 73.0 cm³/mol. The largest absolute Gasteiger partial charge is 0.469 e. The Bertz CT molecular complexity index is 269. The Labute approximate surface area is 115 Å². The van der Waals surface area contributed by atoms with Crippen molar-refractivity contribution in [2.75, 3.05) is 33.4 Å². The van der Waals surface area contributed by atoms with Crippen LogP contribution < -0.4 is 0 Å². The van der Waals surface area contributed by atoms with Crippen molar-refractivity contribution in [3.8, 4) is 0 Å². The summed E-state index contributed by atoms with van der Waals surface area (Å²) in [6.07, 6.45) is 3.52. The first-order chi connectivity index (χ1) is 8.90. The van der Waals surface area contributed by atoms with E-state index in [0.29, 0.717) is 19.4 Å². The highest BCUT2D eigenvalue weighted by Crippen LogP contribution is 2.15. The zero-order chi connectivity index (χ0) is 14.3. The van der Waals surface area contributed by atoms with Gasteiger partial charge < -0.3 is 19.5 Å². The molecule has 112 valence electrons. The molecule has 0 saturated carbocycles. The standard InChI is InChI=1S/C14H27NO4/c1-14(2,17)7-9-15(8-6-13(16)18-3)11-12-5-4-10-19-12/h12,17H,4-11H2,1-3H3. The van der Waals surface area contributed by atoms with Gasteiger partial charge in [0.15, 0.2) is 0 Å². The SMILES string of the molecule is COC(=O)CCN(CCC(C)(C)O)CC1CCCO1. The molecule has 5 nitrogen and oxygen atoms in total. The summed E-state index contributed by atoms with van der Waals surface area (Å²) in [5, 5.41) is 9.80. The summed E-state index contributed by atoms with van der Waals surface area (Å²) in [7, 11) is 1.41. The number of carbonyl (C=O) groups is 1. The lowest BCUT2D eigenvalue weighted by Gasteiger charge is -2.27. The van der Waals surface area contributed by atoms with E-state index in [0.717, 1.165) is 32.5 Å². The first-order valence-electron chi connectivity index (χ1n) is 7.04. The molecule has 1 aliphatic rings. The number of hydrogen-bond donors (Lipinski definition) is 1. The number of esters is 1. The van der Waals surface area contributed by atoms with Crippen LogP contribution in [0.25, 0.3) is 0 Å². The fourth-order valence-electron chi connectivity index (χ4n) is 2.15. The van der Waals surface area contributed by atoms with Gasteiger partial charge in [0, 0.05) is 26.2 Å². The van der Waals surface area contributed by atoms with Gasteiger partial charge in [-0.3, -0.25) is 4.79 Å². The van der Waals surface area contributed by atoms with Crippen LogP contribution in [0.1, 0.15) is 39.5 Å². The van der Waals surface area contributed by atoms with Crippen LogP contribution in [-0.4, -0.2) is 61.0 Å². The number of hydrogen-bond acceptors (Lipinski definition) is 5. The molecule has 0 aromatic rings. The van der Waals surface area contributed by atoms with Crippen LogP contribution in [0.2, 0.25) is 0 Å². The van der Waals surface area contributed by atoms with Gasteiger partial charge in [0.2, 0.25) is 0 Å². The summed E-state index contributed by atoms with van der Waals surface area (Å²) in [4.78, 5) is 13.4. The fourth-order valence-corrected chi connectivity index (χ4v) is 2.15. The van der Waals surface area contributed by atoms with E-state index in [1.54, 1.807) is 13.8 Å². The number of rotatable bonds is 8. The van der Waals surface area contributed by atoms with Crippen LogP contribution in [0, 0.1) is 0 Å². The molecule has 0 aromatic heterocycles. The smallest absolute Gasteiger partial charge is 0.306 e. The Morgan fingerprint density at radius 2 is 2.21 bits per heavy atom. The summed E-state index contributed by atoms with van der Waals surface area (Å²) in [6.45, 7) is 6.69. The number of ether oxygens (including phenoxy) is 2. The zero-order valence-corrected chi connectivity index (χ0v) is 12.4. The predicted octanol–water partition coefficient (Wildman–Crippen LogP) is 1.19. The van der Waals surface area contributed by atoms with Gasteiger partial charge in [0.05, 0.1) is 25.2 Å². The highest BCUT2D eigenvalue weighted by molar-refractivity contribution is 5.69. The molecule has 1 N–H and O–H groups in total. The molecule has 19 heavy (non-hydrogen) atoms. The minimum atomic E-state index is -0.681. The maximum Gasteiger partial charge on any atom is 0.306 e. The summed E-state index contributed by atoms with van der Waals surface area (Å²) in [5.41, 5.74) is -0.681. The molecular weight excluding hydrogens is 246 g/mol. The third-order valence-corrected chi connectivity index (χ3v) is 3.39. The van der Waals surface area contributed by atoms with Crippen LogP contribution in [0.15, 0.2) is 0 Å². The Balaban J connectivity index is 2.39. The van der Waals surface area contributed by atoms with E-state index in [4.69, 9.17) is 4.74 Å². The van der Waals surface area contributed by atoms with Gasteiger partial charge in [-0.25, -0.2) is 0 Å². The van der Waals surface area contributed by atoms with Crippen molar-refractivity contribution in [3.63, 3.8) is 0 Å². The first-order valence-corrected chi connectivity index (χ1v) is 7.04. The summed E-state index contributed by atoms with van der Waals surface area (Å²) < 4.78 is 10.3. The molecule has 0 spiro atoms. The first kappa shape index (κ1) is 16.4. The molecule has 5 heteroatoms. The summed E-state index contributed by atoms with van der Waals surface area (Å²) in [5.74, 6) is -0.194. The Morgan fingerprint density at radius 3 is 2.74 bits per heavy atom. The lowest BCUT2D eigenvalue weighted by molar-refractivity contribution is -0.141. The Hall–Kier alpha value is -0.650. The zero-order valence-electron chi connectivity index (χ0n) is 12.4. The van der Waals surface area contributed by atoms with Crippen molar-refractivity contribution in [2.45, 2.75) is 51.2 Å². The molecule has 1 fully saturated rings. The van der Waals surface area contributed by atoms with Crippen molar-refractivity contribution in [3.05, 3.63) is 0 Å². The van der Waals surface area contributed by atoms with Crippen molar-refractivity contribution in [1.29, 1.82) is 0 Å². The third-order valence-electron chi connectivity index (χ3n) is 3.39. The number of carbonyl (C=O) groups excluding carboxylic acids is 1. The molecule has 1 saturated heterocycles. The van der Waals surface area contributed by atoms with Gasteiger partial charge >= 0.3 is 5.97 Å². The van der Waals surface area contributed by atoms with Gasteiger partial charge in [-0.2, -0.15) is 0 Å². The van der Waals surface area contributed by atoms with Crippen LogP contribution in [0.4, 0.5) is 0 Å². The highest BCUT2D eigenvalue weighted by Gasteiger charge is 2.21. The van der Waals surface area contributed by atoms with E-state index >= 15 is 0 Å². The van der Waals surface area contributed by atoms with E-state index in [9.17, 15) is 9.90 Å². The van der Waals surface area contributed by atoms with E-state index in [-0.39, 0.29) is 12.1 Å². The molecule has 1 rings (SSSR count). The average Bonchev–Trinajstić information content (AvgIpc) is 2.83. The molecule has 0 aliphatic carbocycles. The molecule has 1 aliphatic heterocycles. The summed E-state index contributed by atoms with van der Waals surface area (Å²) >= 11 is 0. The minimum Gasteiger partial charge on any atom is -0.469 e. The van der Waals surface area contributed by atoms with Crippen molar-refractivity contribution >= 4 is 5.97 Å². The molecule has 0 radical (unpaired) electrons. The maximum atomic E-state index is 11.2. The van der Waals surface area contributed by atoms with Gasteiger partial charge in [-0.15, -0.1) is 0 Å². The maximum absolute atomic E-state index is 11.2. The average molecular weight is 273 g/mol. The molecule has 0 amide bonds. The van der Waals surface area contributed by atoms with Crippen molar-refractivity contribution in [2.24, 2.45) is 0 Å². The van der Waals surface area contributed by atoms with Crippen molar-refractivity contribution < 1.29 is 19.4 Å². The topological polar surface area (TPSA) is 59.0 Å². The molecule has 1 unspecified atom stereocenters. The van der Waals surface area contributed by atoms with Crippen LogP contribution >= 0.6 is 0 Å². The minimum absolute atomic E-state index is 0.194. The number of aliphatic hydroxyl groups is 1. The van der Waals surface area contributed by atoms with E-state index in [1.165, 1.54) is 7.11 Å². The lowest BCUT2D eigenvalue weighted by Crippen LogP contribution is -2.37. The fraction of sp³-hybridized carbons (Fsp3) is 0.929. The van der Waals surface area contributed by atoms with E-state index in [2.05, 4.69) is 9.64 Å². The normalized spacial score (nSPS) is 19.9.